The van der Waals surface area contributed by atoms with Gasteiger partial charge in [0.15, 0.2) is 0 Å². The van der Waals surface area contributed by atoms with Gasteiger partial charge in [0.1, 0.15) is 6.67 Å². The first-order valence-electron chi connectivity index (χ1n) is 3.94. The minimum absolute atomic E-state index is 0.227. The zero-order chi connectivity index (χ0) is 9.19. The molecule has 0 amide bonds. The van der Waals surface area contributed by atoms with E-state index in [1.54, 1.807) is 12.4 Å². The third-order valence-corrected chi connectivity index (χ3v) is 3.55. The highest BCUT2D eigenvalue weighted by atomic mass is 32.2. The van der Waals surface area contributed by atoms with Gasteiger partial charge in [-0.2, -0.15) is 0 Å². The summed E-state index contributed by atoms with van der Waals surface area (Å²) in [6, 6.07) is 0. The Balaban J connectivity index is 2.66. The predicted molar refractivity (Wildman–Crippen MR) is 47.7 cm³/mol. The molecule has 0 saturated carbocycles. The average Bonchev–Trinajstić information content (AvgIpc) is 2.36. The largest absolute Gasteiger partial charge is 0.361 e. The van der Waals surface area contributed by atoms with Crippen molar-refractivity contribution in [3.05, 3.63) is 12.4 Å². The molecule has 12 heavy (non-hydrogen) atoms. The van der Waals surface area contributed by atoms with Gasteiger partial charge in [-0.25, -0.2) is 8.42 Å². The minimum atomic E-state index is -3.04. The molecule has 0 aliphatic carbocycles. The van der Waals surface area contributed by atoms with E-state index in [1.807, 2.05) is 18.9 Å². The lowest BCUT2D eigenvalue weighted by Crippen LogP contribution is -2.30. The van der Waals surface area contributed by atoms with Gasteiger partial charge in [0.2, 0.25) is 10.0 Å². The fourth-order valence-electron chi connectivity index (χ4n) is 1.06. The molecular formula is C7H14N2O2S. The molecule has 1 rings (SSSR count). The summed E-state index contributed by atoms with van der Waals surface area (Å²) in [5.41, 5.74) is 0. The van der Waals surface area contributed by atoms with Gasteiger partial charge in [0, 0.05) is 19.4 Å². The average molecular weight is 190 g/mol. The van der Waals surface area contributed by atoms with Crippen LogP contribution in [0.4, 0.5) is 0 Å². The summed E-state index contributed by atoms with van der Waals surface area (Å²) in [7, 11) is -1.19. The predicted octanol–water partition coefficient (Wildman–Crippen LogP) is 0.402. The second kappa shape index (κ2) is 3.35. The SMILES string of the molecule is CCCS(=O)(=O)N1C=CN(C)C1. The highest BCUT2D eigenvalue weighted by Gasteiger charge is 2.21. The van der Waals surface area contributed by atoms with Crippen LogP contribution in [0.2, 0.25) is 0 Å². The van der Waals surface area contributed by atoms with Crippen LogP contribution in [0.15, 0.2) is 12.4 Å². The lowest BCUT2D eigenvalue weighted by atomic mass is 10.6. The molecule has 0 radical (unpaired) electrons. The van der Waals surface area contributed by atoms with E-state index >= 15 is 0 Å². The van der Waals surface area contributed by atoms with Crippen molar-refractivity contribution in [2.75, 3.05) is 19.5 Å². The fourth-order valence-corrected chi connectivity index (χ4v) is 2.41. The first kappa shape index (κ1) is 9.38. The van der Waals surface area contributed by atoms with Crippen molar-refractivity contribution in [3.8, 4) is 0 Å². The van der Waals surface area contributed by atoms with Crippen LogP contribution in [-0.4, -0.2) is 37.1 Å². The van der Waals surface area contributed by atoms with Crippen LogP contribution in [0.25, 0.3) is 0 Å². The molecular weight excluding hydrogens is 176 g/mol. The summed E-state index contributed by atoms with van der Waals surface area (Å²) in [5.74, 6) is 0.227. The topological polar surface area (TPSA) is 40.6 Å². The van der Waals surface area contributed by atoms with Crippen molar-refractivity contribution in [1.29, 1.82) is 0 Å². The summed E-state index contributed by atoms with van der Waals surface area (Å²) >= 11 is 0. The van der Waals surface area contributed by atoms with Crippen molar-refractivity contribution < 1.29 is 8.42 Å². The molecule has 0 aromatic carbocycles. The molecule has 0 atom stereocenters. The number of hydrogen-bond donors (Lipinski definition) is 0. The Labute approximate surface area is 73.5 Å². The van der Waals surface area contributed by atoms with E-state index in [2.05, 4.69) is 0 Å². The van der Waals surface area contributed by atoms with Crippen molar-refractivity contribution in [2.45, 2.75) is 13.3 Å². The Morgan fingerprint density at radius 1 is 1.42 bits per heavy atom. The van der Waals surface area contributed by atoms with E-state index in [9.17, 15) is 8.42 Å². The maximum Gasteiger partial charge on any atom is 0.236 e. The summed E-state index contributed by atoms with van der Waals surface area (Å²) in [4.78, 5) is 1.83. The zero-order valence-corrected chi connectivity index (χ0v) is 8.21. The Bertz CT molecular complexity index is 271. The van der Waals surface area contributed by atoms with E-state index in [4.69, 9.17) is 0 Å². The number of nitrogens with zero attached hydrogens (tertiary/aromatic N) is 2. The standard InChI is InChI=1S/C7H14N2O2S/c1-3-6-12(10,11)9-5-4-8(2)7-9/h4-5H,3,6-7H2,1-2H3. The van der Waals surface area contributed by atoms with Crippen LogP contribution in [0.5, 0.6) is 0 Å². The van der Waals surface area contributed by atoms with Gasteiger partial charge in [0.25, 0.3) is 0 Å². The van der Waals surface area contributed by atoms with Crippen LogP contribution in [0, 0.1) is 0 Å². The first-order valence-corrected chi connectivity index (χ1v) is 5.55. The normalized spacial score (nSPS) is 17.5. The quantitative estimate of drug-likeness (QED) is 0.647. The Kier molecular flexibility index (Phi) is 2.62. The second-order valence-electron chi connectivity index (χ2n) is 2.90. The van der Waals surface area contributed by atoms with Crippen molar-refractivity contribution in [2.24, 2.45) is 0 Å². The summed E-state index contributed by atoms with van der Waals surface area (Å²) in [6.07, 6.45) is 4.02. The molecule has 0 bridgehead atoms. The molecule has 0 unspecified atom stereocenters. The smallest absolute Gasteiger partial charge is 0.236 e. The van der Waals surface area contributed by atoms with E-state index in [0.29, 0.717) is 13.1 Å². The second-order valence-corrected chi connectivity index (χ2v) is 4.94. The summed E-state index contributed by atoms with van der Waals surface area (Å²) < 4.78 is 24.2. The molecule has 4 nitrogen and oxygen atoms in total. The summed E-state index contributed by atoms with van der Waals surface area (Å²) in [6.45, 7) is 2.31. The van der Waals surface area contributed by atoms with Crippen LogP contribution in [-0.2, 0) is 10.0 Å². The van der Waals surface area contributed by atoms with Gasteiger partial charge < -0.3 is 4.90 Å². The van der Waals surface area contributed by atoms with E-state index in [-0.39, 0.29) is 5.75 Å². The van der Waals surface area contributed by atoms with Crippen molar-refractivity contribution >= 4 is 10.0 Å². The van der Waals surface area contributed by atoms with Gasteiger partial charge >= 0.3 is 0 Å². The van der Waals surface area contributed by atoms with E-state index in [1.165, 1.54) is 4.31 Å². The van der Waals surface area contributed by atoms with Gasteiger partial charge in [-0.05, 0) is 6.42 Å². The Morgan fingerprint density at radius 3 is 2.50 bits per heavy atom. The maximum atomic E-state index is 11.4. The minimum Gasteiger partial charge on any atom is -0.361 e. The van der Waals surface area contributed by atoms with Gasteiger partial charge in [0.05, 0.1) is 5.75 Å². The molecule has 0 aromatic heterocycles. The summed E-state index contributed by atoms with van der Waals surface area (Å²) in [5, 5.41) is 0. The van der Waals surface area contributed by atoms with Gasteiger partial charge in [-0.1, -0.05) is 6.92 Å². The monoisotopic (exact) mass is 190 g/mol. The van der Waals surface area contributed by atoms with Crippen molar-refractivity contribution in [3.63, 3.8) is 0 Å². The van der Waals surface area contributed by atoms with Gasteiger partial charge in [-0.3, -0.25) is 4.31 Å². The lowest BCUT2D eigenvalue weighted by molar-refractivity contribution is 0.385. The molecule has 0 saturated heterocycles. The molecule has 1 aliphatic heterocycles. The number of sulfonamides is 1. The van der Waals surface area contributed by atoms with Crippen molar-refractivity contribution in [1.82, 2.24) is 9.21 Å². The number of rotatable bonds is 3. The molecule has 0 aromatic rings. The maximum absolute atomic E-state index is 11.4. The Hall–Kier alpha value is -0.710. The fraction of sp³-hybridized carbons (Fsp3) is 0.714. The molecule has 1 heterocycles. The van der Waals surface area contributed by atoms with Crippen LogP contribution < -0.4 is 0 Å². The van der Waals surface area contributed by atoms with Crippen LogP contribution in [0.3, 0.4) is 0 Å². The first-order chi connectivity index (χ1) is 5.56. The van der Waals surface area contributed by atoms with Gasteiger partial charge in [-0.15, -0.1) is 0 Å². The molecule has 0 N–H and O–H groups in total. The van der Waals surface area contributed by atoms with Crippen LogP contribution >= 0.6 is 0 Å². The molecule has 5 heteroatoms. The highest BCUT2D eigenvalue weighted by Crippen LogP contribution is 2.10. The van der Waals surface area contributed by atoms with E-state index in [0.717, 1.165) is 0 Å². The molecule has 1 aliphatic rings. The highest BCUT2D eigenvalue weighted by molar-refractivity contribution is 7.89. The Morgan fingerprint density at radius 2 is 2.08 bits per heavy atom. The molecule has 0 spiro atoms. The third-order valence-electron chi connectivity index (χ3n) is 1.67. The van der Waals surface area contributed by atoms with Crippen LogP contribution in [0.1, 0.15) is 13.3 Å². The van der Waals surface area contributed by atoms with E-state index < -0.39 is 10.0 Å². The third kappa shape index (κ3) is 1.91. The number of hydrogen-bond acceptors (Lipinski definition) is 3. The lowest BCUT2D eigenvalue weighted by Gasteiger charge is -2.17. The molecule has 70 valence electrons. The molecule has 0 fully saturated rings. The zero-order valence-electron chi connectivity index (χ0n) is 7.40.